The van der Waals surface area contributed by atoms with Crippen LogP contribution in [0.15, 0.2) is 54.7 Å². The van der Waals surface area contributed by atoms with Crippen LogP contribution in [0.5, 0.6) is 11.5 Å². The molecule has 0 aliphatic carbocycles. The molecule has 6 nitrogen and oxygen atoms in total. The van der Waals surface area contributed by atoms with Gasteiger partial charge in [0.25, 0.3) is 0 Å². The van der Waals surface area contributed by atoms with E-state index in [0.29, 0.717) is 34.8 Å². The van der Waals surface area contributed by atoms with Crippen LogP contribution in [0.2, 0.25) is 0 Å². The highest BCUT2D eigenvalue weighted by Crippen LogP contribution is 2.32. The summed E-state index contributed by atoms with van der Waals surface area (Å²) in [6.07, 6.45) is -0.651. The van der Waals surface area contributed by atoms with Crippen molar-refractivity contribution in [1.29, 1.82) is 0 Å². The summed E-state index contributed by atoms with van der Waals surface area (Å²) in [5, 5.41) is 12.6. The van der Waals surface area contributed by atoms with Crippen LogP contribution >= 0.6 is 0 Å². The van der Waals surface area contributed by atoms with Crippen LogP contribution in [0.25, 0.3) is 16.7 Å². The number of imidazole rings is 1. The lowest BCUT2D eigenvalue weighted by Crippen LogP contribution is -2.07. The van der Waals surface area contributed by atoms with Crippen LogP contribution < -0.4 is 10.1 Å². The van der Waals surface area contributed by atoms with Gasteiger partial charge in [0.2, 0.25) is 5.95 Å². The molecule has 2 heterocycles. The van der Waals surface area contributed by atoms with Gasteiger partial charge in [0.05, 0.1) is 24.4 Å². The number of alkyl halides is 3. The fourth-order valence-corrected chi connectivity index (χ4v) is 3.81. The second-order valence-corrected chi connectivity index (χ2v) is 7.58. The zero-order chi connectivity index (χ0) is 23.6. The minimum Gasteiger partial charge on any atom is -0.508 e. The normalized spacial score (nSPS) is 11.7. The maximum atomic E-state index is 13.3. The number of halogens is 3. The number of fused-ring (bicyclic) bond motifs is 1. The standard InChI is InChI=1S/C24H23F3N4O2/c1-28-23-30-20-14-29-17(7-3-5-15-9-10-19(32)13-22(15)33-2)12-21(20)31(23)18-8-4-6-16(11-18)24(25,26)27/h4,6,8-14,32H,3,5,7H2,1-2H3,(H,28,30). The zero-order valence-electron chi connectivity index (χ0n) is 18.1. The Hall–Kier alpha value is -3.75. The number of nitrogens with zero attached hydrogens (tertiary/aromatic N) is 3. The highest BCUT2D eigenvalue weighted by molar-refractivity contribution is 5.81. The van der Waals surface area contributed by atoms with Gasteiger partial charge in [-0.2, -0.15) is 13.2 Å². The second-order valence-electron chi connectivity index (χ2n) is 7.58. The van der Waals surface area contributed by atoms with E-state index >= 15 is 0 Å². The third-order valence-corrected chi connectivity index (χ3v) is 5.40. The minimum absolute atomic E-state index is 0.144. The first-order chi connectivity index (χ1) is 15.8. The molecular formula is C24H23F3N4O2. The molecule has 9 heteroatoms. The lowest BCUT2D eigenvalue weighted by Gasteiger charge is -2.12. The van der Waals surface area contributed by atoms with E-state index in [4.69, 9.17) is 4.74 Å². The number of ether oxygens (including phenoxy) is 1. The Morgan fingerprint density at radius 3 is 2.64 bits per heavy atom. The Morgan fingerprint density at radius 1 is 1.09 bits per heavy atom. The largest absolute Gasteiger partial charge is 0.508 e. The maximum Gasteiger partial charge on any atom is 0.416 e. The van der Waals surface area contributed by atoms with Gasteiger partial charge in [0, 0.05) is 24.5 Å². The van der Waals surface area contributed by atoms with Gasteiger partial charge in [0.15, 0.2) is 0 Å². The number of phenols is 1. The molecule has 0 saturated carbocycles. The Labute approximate surface area is 188 Å². The van der Waals surface area contributed by atoms with Crippen molar-refractivity contribution >= 4 is 17.0 Å². The molecule has 4 rings (SSSR count). The molecule has 0 atom stereocenters. The van der Waals surface area contributed by atoms with Gasteiger partial charge in [0.1, 0.15) is 17.0 Å². The molecule has 0 saturated heterocycles. The molecule has 0 aliphatic heterocycles. The molecule has 0 fully saturated rings. The van der Waals surface area contributed by atoms with Crippen molar-refractivity contribution in [3.05, 3.63) is 71.5 Å². The molecule has 0 radical (unpaired) electrons. The average molecular weight is 456 g/mol. The summed E-state index contributed by atoms with van der Waals surface area (Å²) >= 11 is 0. The summed E-state index contributed by atoms with van der Waals surface area (Å²) in [6, 6.07) is 12.0. The number of phenolic OH excluding ortho intramolecular Hbond substituents is 1. The van der Waals surface area contributed by atoms with Gasteiger partial charge in [-0.15, -0.1) is 0 Å². The zero-order valence-corrected chi connectivity index (χ0v) is 18.1. The molecule has 0 amide bonds. The number of methoxy groups -OCH3 is 1. The van der Waals surface area contributed by atoms with E-state index in [2.05, 4.69) is 15.3 Å². The SMILES string of the molecule is CNc1nc2cnc(CCCc3ccc(O)cc3OC)cc2n1-c1cccc(C(F)(F)F)c1. The summed E-state index contributed by atoms with van der Waals surface area (Å²) in [5.74, 6) is 1.20. The second kappa shape index (κ2) is 9.01. The third kappa shape index (κ3) is 4.72. The van der Waals surface area contributed by atoms with Crippen molar-refractivity contribution in [2.24, 2.45) is 0 Å². The summed E-state index contributed by atoms with van der Waals surface area (Å²) in [7, 11) is 3.23. The van der Waals surface area contributed by atoms with Crippen LogP contribution in [0.4, 0.5) is 19.1 Å². The fraction of sp³-hybridized carbons (Fsp3) is 0.250. The van der Waals surface area contributed by atoms with Gasteiger partial charge in [-0.1, -0.05) is 12.1 Å². The summed E-state index contributed by atoms with van der Waals surface area (Å²) in [4.78, 5) is 8.95. The minimum atomic E-state index is -4.44. The van der Waals surface area contributed by atoms with E-state index in [1.807, 2.05) is 12.1 Å². The number of rotatable bonds is 7. The van der Waals surface area contributed by atoms with Crippen LogP contribution in [-0.4, -0.2) is 33.8 Å². The molecule has 0 bridgehead atoms. The number of pyridine rings is 1. The molecule has 0 unspecified atom stereocenters. The molecule has 2 aromatic carbocycles. The van der Waals surface area contributed by atoms with E-state index in [9.17, 15) is 18.3 Å². The number of hydrogen-bond acceptors (Lipinski definition) is 5. The van der Waals surface area contributed by atoms with Crippen molar-refractivity contribution in [3.8, 4) is 17.2 Å². The quantitative estimate of drug-likeness (QED) is 0.391. The number of aryl methyl sites for hydroxylation is 2. The van der Waals surface area contributed by atoms with Gasteiger partial charge in [-0.05, 0) is 55.2 Å². The number of benzene rings is 2. The Bertz CT molecular complexity index is 1280. The first kappa shape index (κ1) is 22.4. The highest BCUT2D eigenvalue weighted by atomic mass is 19.4. The monoisotopic (exact) mass is 456 g/mol. The van der Waals surface area contributed by atoms with Crippen LogP contribution in [0, 0.1) is 0 Å². The van der Waals surface area contributed by atoms with Crippen LogP contribution in [0.1, 0.15) is 23.2 Å². The van der Waals surface area contributed by atoms with Crippen molar-refractivity contribution in [2.75, 3.05) is 19.5 Å². The van der Waals surface area contributed by atoms with Crippen LogP contribution in [0.3, 0.4) is 0 Å². The number of aromatic hydroxyl groups is 1. The van der Waals surface area contributed by atoms with Gasteiger partial charge < -0.3 is 15.2 Å². The predicted octanol–water partition coefficient (Wildman–Crippen LogP) is 5.37. The van der Waals surface area contributed by atoms with E-state index in [0.717, 1.165) is 36.2 Å². The molecule has 33 heavy (non-hydrogen) atoms. The van der Waals surface area contributed by atoms with Crippen LogP contribution in [-0.2, 0) is 19.0 Å². The summed E-state index contributed by atoms with van der Waals surface area (Å²) in [5.41, 5.74) is 2.68. The smallest absolute Gasteiger partial charge is 0.416 e. The molecular weight excluding hydrogens is 433 g/mol. The van der Waals surface area contributed by atoms with E-state index in [-0.39, 0.29) is 5.75 Å². The lowest BCUT2D eigenvalue weighted by molar-refractivity contribution is -0.137. The average Bonchev–Trinajstić information content (AvgIpc) is 3.17. The Balaban J connectivity index is 1.63. The molecule has 4 aromatic rings. The van der Waals surface area contributed by atoms with E-state index in [1.54, 1.807) is 43.1 Å². The molecule has 0 aliphatic rings. The maximum absolute atomic E-state index is 13.3. The van der Waals surface area contributed by atoms with E-state index in [1.165, 1.54) is 6.07 Å². The summed E-state index contributed by atoms with van der Waals surface area (Å²) < 4.78 is 46.7. The van der Waals surface area contributed by atoms with Crippen molar-refractivity contribution in [2.45, 2.75) is 25.4 Å². The van der Waals surface area contributed by atoms with Crippen molar-refractivity contribution < 1.29 is 23.0 Å². The highest BCUT2D eigenvalue weighted by Gasteiger charge is 2.30. The molecule has 172 valence electrons. The van der Waals surface area contributed by atoms with Crippen molar-refractivity contribution in [1.82, 2.24) is 14.5 Å². The molecule has 2 N–H and O–H groups in total. The Morgan fingerprint density at radius 2 is 1.91 bits per heavy atom. The first-order valence-corrected chi connectivity index (χ1v) is 10.4. The number of anilines is 1. The van der Waals surface area contributed by atoms with Gasteiger partial charge in [-0.25, -0.2) is 4.98 Å². The fourth-order valence-electron chi connectivity index (χ4n) is 3.81. The van der Waals surface area contributed by atoms with Crippen molar-refractivity contribution in [3.63, 3.8) is 0 Å². The Kier molecular flexibility index (Phi) is 6.13. The lowest BCUT2D eigenvalue weighted by atomic mass is 10.1. The number of aromatic nitrogens is 3. The molecule has 2 aromatic heterocycles. The number of nitrogens with one attached hydrogen (secondary N) is 1. The third-order valence-electron chi connectivity index (χ3n) is 5.40. The van der Waals surface area contributed by atoms with Gasteiger partial charge in [-0.3, -0.25) is 9.55 Å². The molecule has 0 spiro atoms. The van der Waals surface area contributed by atoms with E-state index < -0.39 is 11.7 Å². The number of hydrogen-bond donors (Lipinski definition) is 2. The first-order valence-electron chi connectivity index (χ1n) is 10.4. The summed E-state index contributed by atoms with van der Waals surface area (Å²) in [6.45, 7) is 0. The predicted molar refractivity (Wildman–Crippen MR) is 120 cm³/mol. The van der Waals surface area contributed by atoms with Gasteiger partial charge >= 0.3 is 6.18 Å². The topological polar surface area (TPSA) is 72.2 Å².